The lowest BCUT2D eigenvalue weighted by atomic mass is 10.1. The summed E-state index contributed by atoms with van der Waals surface area (Å²) in [6.45, 7) is 1.54. The minimum atomic E-state index is -4.08. The van der Waals surface area contributed by atoms with E-state index in [1.165, 1.54) is 17.0 Å². The molecule has 0 unspecified atom stereocenters. The molecule has 10 heteroatoms. The van der Waals surface area contributed by atoms with Gasteiger partial charge in [-0.1, -0.05) is 61.7 Å². The number of hydrogen-bond donors (Lipinski definition) is 1. The zero-order valence-electron chi connectivity index (χ0n) is 22.3. The molecule has 1 fully saturated rings. The highest BCUT2D eigenvalue weighted by atomic mass is 127. The molecule has 0 spiro atoms. The van der Waals surface area contributed by atoms with E-state index in [4.69, 9.17) is 11.6 Å². The van der Waals surface area contributed by atoms with Crippen LogP contribution in [0.3, 0.4) is 0 Å². The quantitative estimate of drug-likeness (QED) is 0.250. The number of carbonyl (C=O) groups is 2. The van der Waals surface area contributed by atoms with Crippen LogP contribution in [0, 0.1) is 3.57 Å². The number of rotatable bonds is 11. The van der Waals surface area contributed by atoms with Crippen molar-refractivity contribution in [1.82, 2.24) is 10.2 Å². The molecule has 0 aliphatic heterocycles. The highest BCUT2D eigenvalue weighted by molar-refractivity contribution is 14.1. The second-order valence-corrected chi connectivity index (χ2v) is 13.4. The fourth-order valence-corrected chi connectivity index (χ4v) is 6.85. The van der Waals surface area contributed by atoms with E-state index in [1.54, 1.807) is 54.6 Å². The molecule has 0 heterocycles. The van der Waals surface area contributed by atoms with Gasteiger partial charge >= 0.3 is 0 Å². The standard InChI is InChI=1S/C30H33ClIN3O4S/c1-2-28(30(37)33-25-8-6-7-9-25)34(20-22-12-14-23(31)15-13-22)29(36)21-35(26-18-16-24(32)17-19-26)40(38,39)27-10-4-3-5-11-27/h3-5,10-19,25,28H,2,6-9,20-21H2,1H3,(H,33,37)/t28-/m0/s1. The molecule has 1 N–H and O–H groups in total. The highest BCUT2D eigenvalue weighted by Crippen LogP contribution is 2.26. The van der Waals surface area contributed by atoms with Crippen molar-refractivity contribution in [3.8, 4) is 0 Å². The van der Waals surface area contributed by atoms with E-state index in [9.17, 15) is 18.0 Å². The van der Waals surface area contributed by atoms with Crippen molar-refractivity contribution >= 4 is 61.7 Å². The van der Waals surface area contributed by atoms with Crippen LogP contribution in [0.1, 0.15) is 44.6 Å². The van der Waals surface area contributed by atoms with Gasteiger partial charge in [-0.2, -0.15) is 0 Å². The van der Waals surface area contributed by atoms with E-state index in [2.05, 4.69) is 27.9 Å². The van der Waals surface area contributed by atoms with Crippen molar-refractivity contribution in [2.24, 2.45) is 0 Å². The van der Waals surface area contributed by atoms with Gasteiger partial charge in [0.1, 0.15) is 12.6 Å². The summed E-state index contributed by atoms with van der Waals surface area (Å²) in [4.78, 5) is 29.1. The molecule has 1 atom stereocenters. The average molecular weight is 694 g/mol. The lowest BCUT2D eigenvalue weighted by Crippen LogP contribution is -2.53. The Morgan fingerprint density at radius 3 is 2.20 bits per heavy atom. The number of nitrogens with zero attached hydrogens (tertiary/aromatic N) is 2. The molecular weight excluding hydrogens is 661 g/mol. The van der Waals surface area contributed by atoms with Crippen LogP contribution in [0.15, 0.2) is 83.8 Å². The second-order valence-electron chi connectivity index (χ2n) is 9.86. The normalized spacial score (nSPS) is 14.5. The summed E-state index contributed by atoms with van der Waals surface area (Å²) in [5, 5.41) is 3.68. The molecule has 2 amide bonds. The molecule has 3 aromatic carbocycles. The molecule has 0 bridgehead atoms. The number of halogens is 2. The van der Waals surface area contributed by atoms with Gasteiger partial charge in [-0.05, 0) is 95.9 Å². The largest absolute Gasteiger partial charge is 0.352 e. The van der Waals surface area contributed by atoms with E-state index in [0.717, 1.165) is 39.1 Å². The Morgan fingerprint density at radius 1 is 0.975 bits per heavy atom. The van der Waals surface area contributed by atoms with Crippen LogP contribution in [0.25, 0.3) is 0 Å². The Kier molecular flexibility index (Phi) is 10.5. The van der Waals surface area contributed by atoms with E-state index in [1.807, 2.05) is 19.1 Å². The van der Waals surface area contributed by atoms with Crippen LogP contribution in [-0.4, -0.2) is 43.8 Å². The summed E-state index contributed by atoms with van der Waals surface area (Å²) < 4.78 is 29.7. The maximum atomic E-state index is 14.1. The average Bonchev–Trinajstić information content (AvgIpc) is 3.46. The molecule has 0 aromatic heterocycles. The molecule has 40 heavy (non-hydrogen) atoms. The lowest BCUT2D eigenvalue weighted by molar-refractivity contribution is -0.140. The third kappa shape index (κ3) is 7.55. The summed E-state index contributed by atoms with van der Waals surface area (Å²) in [6, 6.07) is 21.4. The predicted molar refractivity (Wildman–Crippen MR) is 167 cm³/mol. The van der Waals surface area contributed by atoms with Crippen LogP contribution in [0.5, 0.6) is 0 Å². The Morgan fingerprint density at radius 2 is 1.60 bits per heavy atom. The van der Waals surface area contributed by atoms with Crippen molar-refractivity contribution in [2.45, 2.75) is 62.6 Å². The fourth-order valence-electron chi connectivity index (χ4n) is 4.93. The monoisotopic (exact) mass is 693 g/mol. The number of hydrogen-bond acceptors (Lipinski definition) is 4. The van der Waals surface area contributed by atoms with E-state index in [0.29, 0.717) is 17.1 Å². The minimum Gasteiger partial charge on any atom is -0.352 e. The molecule has 1 aliphatic rings. The van der Waals surface area contributed by atoms with E-state index >= 15 is 0 Å². The Labute approximate surface area is 255 Å². The summed E-state index contributed by atoms with van der Waals surface area (Å²) in [5.41, 5.74) is 1.16. The topological polar surface area (TPSA) is 86.8 Å². The molecule has 1 saturated carbocycles. The van der Waals surface area contributed by atoms with Crippen molar-refractivity contribution in [3.05, 3.63) is 93.0 Å². The van der Waals surface area contributed by atoms with Gasteiger partial charge in [-0.25, -0.2) is 8.42 Å². The van der Waals surface area contributed by atoms with E-state index in [-0.39, 0.29) is 23.4 Å². The van der Waals surface area contributed by atoms with Crippen molar-refractivity contribution in [3.63, 3.8) is 0 Å². The Bertz CT molecular complexity index is 1400. The van der Waals surface area contributed by atoms with Crippen LogP contribution in [-0.2, 0) is 26.2 Å². The van der Waals surface area contributed by atoms with Gasteiger partial charge in [0, 0.05) is 21.2 Å². The first-order chi connectivity index (χ1) is 19.2. The van der Waals surface area contributed by atoms with Gasteiger partial charge in [0.15, 0.2) is 0 Å². The number of amides is 2. The third-order valence-corrected chi connectivity index (χ3v) is 9.84. The number of carbonyl (C=O) groups excluding carboxylic acids is 2. The number of benzene rings is 3. The maximum Gasteiger partial charge on any atom is 0.264 e. The second kappa shape index (κ2) is 13.8. The molecular formula is C30H33ClIN3O4S. The van der Waals surface area contributed by atoms with E-state index < -0.39 is 28.5 Å². The predicted octanol–water partition coefficient (Wildman–Crippen LogP) is 6.01. The molecule has 3 aromatic rings. The summed E-state index contributed by atoms with van der Waals surface area (Å²) in [6.07, 6.45) is 4.36. The molecule has 212 valence electrons. The first-order valence-electron chi connectivity index (χ1n) is 13.4. The van der Waals surface area contributed by atoms with Gasteiger partial charge in [-0.3, -0.25) is 13.9 Å². The smallest absolute Gasteiger partial charge is 0.264 e. The van der Waals surface area contributed by atoms with Crippen molar-refractivity contribution in [2.75, 3.05) is 10.8 Å². The SMILES string of the molecule is CC[C@@H](C(=O)NC1CCCC1)N(Cc1ccc(Cl)cc1)C(=O)CN(c1ccc(I)cc1)S(=O)(=O)c1ccccc1. The lowest BCUT2D eigenvalue weighted by Gasteiger charge is -2.33. The Hall–Kier alpha value is -2.63. The molecule has 4 rings (SSSR count). The third-order valence-electron chi connectivity index (χ3n) is 7.08. The Balaban J connectivity index is 1.69. The number of sulfonamides is 1. The maximum absolute atomic E-state index is 14.1. The first-order valence-corrected chi connectivity index (χ1v) is 16.3. The van der Waals surface area contributed by atoms with Crippen LogP contribution < -0.4 is 9.62 Å². The van der Waals surface area contributed by atoms with Crippen LogP contribution >= 0.6 is 34.2 Å². The van der Waals surface area contributed by atoms with Crippen molar-refractivity contribution in [1.29, 1.82) is 0 Å². The fraction of sp³-hybridized carbons (Fsp3) is 0.333. The molecule has 7 nitrogen and oxygen atoms in total. The summed E-state index contributed by atoms with van der Waals surface area (Å²) in [7, 11) is -4.08. The minimum absolute atomic E-state index is 0.0802. The highest BCUT2D eigenvalue weighted by Gasteiger charge is 2.34. The number of nitrogens with one attached hydrogen (secondary N) is 1. The van der Waals surface area contributed by atoms with Gasteiger partial charge < -0.3 is 10.2 Å². The molecule has 0 saturated heterocycles. The van der Waals surface area contributed by atoms with Crippen LogP contribution in [0.2, 0.25) is 5.02 Å². The molecule has 1 aliphatic carbocycles. The summed E-state index contributed by atoms with van der Waals surface area (Å²) >= 11 is 8.23. The van der Waals surface area contributed by atoms with Gasteiger partial charge in [0.2, 0.25) is 11.8 Å². The van der Waals surface area contributed by atoms with Crippen LogP contribution in [0.4, 0.5) is 5.69 Å². The molecule has 0 radical (unpaired) electrons. The van der Waals surface area contributed by atoms with Crippen molar-refractivity contribution < 1.29 is 18.0 Å². The first kappa shape index (κ1) is 30.3. The van der Waals surface area contributed by atoms with Gasteiger partial charge in [0.25, 0.3) is 10.0 Å². The summed E-state index contributed by atoms with van der Waals surface area (Å²) in [5.74, 6) is -0.690. The zero-order chi connectivity index (χ0) is 28.7. The number of anilines is 1. The van der Waals surface area contributed by atoms with Gasteiger partial charge in [0.05, 0.1) is 10.6 Å². The van der Waals surface area contributed by atoms with Gasteiger partial charge in [-0.15, -0.1) is 0 Å². The zero-order valence-corrected chi connectivity index (χ0v) is 26.0.